The predicted molar refractivity (Wildman–Crippen MR) is 48.2 cm³/mol. The molecular formula is C8H8ClF2NO2. The smallest absolute Gasteiger partial charge is 0.325 e. The van der Waals surface area contributed by atoms with E-state index in [1.54, 1.807) is 0 Å². The minimum absolute atomic E-state index is 0. The SMILES string of the molecule is Cl.N[C@@H](C(=O)O)c1ccc(F)c(F)c1. The molecule has 3 N–H and O–H groups in total. The van der Waals surface area contributed by atoms with Crippen molar-refractivity contribution in [2.45, 2.75) is 6.04 Å². The van der Waals surface area contributed by atoms with E-state index < -0.39 is 23.6 Å². The van der Waals surface area contributed by atoms with E-state index >= 15 is 0 Å². The number of hydrogen-bond donors (Lipinski definition) is 2. The van der Waals surface area contributed by atoms with Crippen molar-refractivity contribution >= 4 is 18.4 Å². The molecule has 78 valence electrons. The number of nitrogens with two attached hydrogens (primary N) is 1. The standard InChI is InChI=1S/C8H7F2NO2.ClH/c9-5-2-1-4(3-6(5)10)7(11)8(12)13;/h1-3,7H,11H2,(H,12,13);1H/t7-;/m1./s1. The highest BCUT2D eigenvalue weighted by Crippen LogP contribution is 2.14. The quantitative estimate of drug-likeness (QED) is 0.798. The summed E-state index contributed by atoms with van der Waals surface area (Å²) in [7, 11) is 0. The summed E-state index contributed by atoms with van der Waals surface area (Å²) in [6.45, 7) is 0. The van der Waals surface area contributed by atoms with Crippen LogP contribution in [0.2, 0.25) is 0 Å². The maximum absolute atomic E-state index is 12.6. The molecule has 0 radical (unpaired) electrons. The summed E-state index contributed by atoms with van der Waals surface area (Å²) in [4.78, 5) is 10.4. The fourth-order valence-electron chi connectivity index (χ4n) is 0.848. The molecule has 1 rings (SSSR count). The molecule has 0 aliphatic carbocycles. The first-order valence-corrected chi connectivity index (χ1v) is 3.45. The van der Waals surface area contributed by atoms with Gasteiger partial charge >= 0.3 is 5.97 Å². The molecule has 0 bridgehead atoms. The lowest BCUT2D eigenvalue weighted by molar-refractivity contribution is -0.138. The number of rotatable bonds is 2. The molecule has 1 aromatic carbocycles. The van der Waals surface area contributed by atoms with Crippen LogP contribution in [0.1, 0.15) is 11.6 Å². The van der Waals surface area contributed by atoms with Gasteiger partial charge in [0.2, 0.25) is 0 Å². The summed E-state index contributed by atoms with van der Waals surface area (Å²) in [6, 6.07) is 1.42. The lowest BCUT2D eigenvalue weighted by Crippen LogP contribution is -2.20. The van der Waals surface area contributed by atoms with Crippen molar-refractivity contribution in [3.05, 3.63) is 35.4 Å². The molecular weight excluding hydrogens is 216 g/mol. The van der Waals surface area contributed by atoms with Gasteiger partial charge in [0.05, 0.1) is 0 Å². The second-order valence-electron chi connectivity index (χ2n) is 2.49. The third-order valence-corrected chi connectivity index (χ3v) is 1.57. The van der Waals surface area contributed by atoms with Gasteiger partial charge in [-0.2, -0.15) is 0 Å². The zero-order valence-corrected chi connectivity index (χ0v) is 7.72. The normalized spacial score (nSPS) is 11.6. The summed E-state index contributed by atoms with van der Waals surface area (Å²) in [5.41, 5.74) is 5.20. The Kier molecular flexibility index (Phi) is 4.46. The number of benzene rings is 1. The van der Waals surface area contributed by atoms with Gasteiger partial charge in [0.1, 0.15) is 6.04 Å². The maximum atomic E-state index is 12.6. The van der Waals surface area contributed by atoms with Crippen molar-refractivity contribution in [3.8, 4) is 0 Å². The fraction of sp³-hybridized carbons (Fsp3) is 0.125. The van der Waals surface area contributed by atoms with Gasteiger partial charge in [-0.3, -0.25) is 4.79 Å². The topological polar surface area (TPSA) is 63.3 Å². The van der Waals surface area contributed by atoms with Gasteiger partial charge in [-0.15, -0.1) is 12.4 Å². The molecule has 6 heteroatoms. The second kappa shape index (κ2) is 4.88. The van der Waals surface area contributed by atoms with E-state index in [1.807, 2.05) is 0 Å². The average Bonchev–Trinajstić information content (AvgIpc) is 2.08. The highest BCUT2D eigenvalue weighted by Gasteiger charge is 2.15. The molecule has 0 aliphatic heterocycles. The van der Waals surface area contributed by atoms with Crippen molar-refractivity contribution < 1.29 is 18.7 Å². The summed E-state index contributed by atoms with van der Waals surface area (Å²) < 4.78 is 25.0. The van der Waals surface area contributed by atoms with Gasteiger partial charge in [0.25, 0.3) is 0 Å². The minimum Gasteiger partial charge on any atom is -0.480 e. The van der Waals surface area contributed by atoms with Crippen LogP contribution in [-0.2, 0) is 4.79 Å². The Morgan fingerprint density at radius 2 is 1.93 bits per heavy atom. The van der Waals surface area contributed by atoms with E-state index in [-0.39, 0.29) is 18.0 Å². The molecule has 1 aromatic rings. The summed E-state index contributed by atoms with van der Waals surface area (Å²) >= 11 is 0. The van der Waals surface area contributed by atoms with E-state index in [2.05, 4.69) is 0 Å². The van der Waals surface area contributed by atoms with Crippen LogP contribution >= 0.6 is 12.4 Å². The zero-order valence-electron chi connectivity index (χ0n) is 6.91. The molecule has 0 saturated heterocycles. The average molecular weight is 224 g/mol. The van der Waals surface area contributed by atoms with Crippen molar-refractivity contribution in [1.82, 2.24) is 0 Å². The Hall–Kier alpha value is -1.20. The number of hydrogen-bond acceptors (Lipinski definition) is 2. The monoisotopic (exact) mass is 223 g/mol. The lowest BCUT2D eigenvalue weighted by atomic mass is 10.1. The summed E-state index contributed by atoms with van der Waals surface area (Å²) in [6.07, 6.45) is 0. The number of carboxylic acids is 1. The molecule has 0 amide bonds. The Morgan fingerprint density at radius 1 is 1.36 bits per heavy atom. The molecule has 0 unspecified atom stereocenters. The highest BCUT2D eigenvalue weighted by atomic mass is 35.5. The molecule has 0 saturated carbocycles. The lowest BCUT2D eigenvalue weighted by Gasteiger charge is -2.06. The van der Waals surface area contributed by atoms with E-state index in [1.165, 1.54) is 0 Å². The van der Waals surface area contributed by atoms with Gasteiger partial charge in [-0.25, -0.2) is 8.78 Å². The molecule has 0 aromatic heterocycles. The van der Waals surface area contributed by atoms with Crippen LogP contribution in [0.3, 0.4) is 0 Å². The largest absolute Gasteiger partial charge is 0.480 e. The van der Waals surface area contributed by atoms with Gasteiger partial charge in [0.15, 0.2) is 11.6 Å². The van der Waals surface area contributed by atoms with Crippen LogP contribution in [0.5, 0.6) is 0 Å². The first-order valence-electron chi connectivity index (χ1n) is 3.45. The fourth-order valence-corrected chi connectivity index (χ4v) is 0.848. The van der Waals surface area contributed by atoms with Crippen LogP contribution in [0.4, 0.5) is 8.78 Å². The summed E-state index contributed by atoms with van der Waals surface area (Å²) in [5, 5.41) is 8.45. The van der Waals surface area contributed by atoms with E-state index in [9.17, 15) is 13.6 Å². The number of halogens is 3. The van der Waals surface area contributed by atoms with Crippen molar-refractivity contribution in [2.24, 2.45) is 5.73 Å². The molecule has 0 heterocycles. The van der Waals surface area contributed by atoms with E-state index in [0.717, 1.165) is 18.2 Å². The van der Waals surface area contributed by atoms with Gasteiger partial charge in [-0.1, -0.05) is 6.07 Å². The Bertz CT molecular complexity index is 346. The zero-order chi connectivity index (χ0) is 10.0. The van der Waals surface area contributed by atoms with Gasteiger partial charge < -0.3 is 10.8 Å². The molecule has 1 atom stereocenters. The van der Waals surface area contributed by atoms with Crippen LogP contribution in [-0.4, -0.2) is 11.1 Å². The van der Waals surface area contributed by atoms with Crippen molar-refractivity contribution in [2.75, 3.05) is 0 Å². The van der Waals surface area contributed by atoms with Crippen LogP contribution in [0.15, 0.2) is 18.2 Å². The second-order valence-corrected chi connectivity index (χ2v) is 2.49. The Balaban J connectivity index is 0.00000169. The summed E-state index contributed by atoms with van der Waals surface area (Å²) in [5.74, 6) is -3.42. The minimum atomic E-state index is -1.32. The molecule has 0 spiro atoms. The Labute approximate surface area is 84.9 Å². The Morgan fingerprint density at radius 3 is 2.36 bits per heavy atom. The number of carboxylic acid groups (broad SMARTS) is 1. The molecule has 0 fully saturated rings. The molecule has 0 aliphatic rings. The van der Waals surface area contributed by atoms with Gasteiger partial charge in [-0.05, 0) is 17.7 Å². The van der Waals surface area contributed by atoms with Gasteiger partial charge in [0, 0.05) is 0 Å². The van der Waals surface area contributed by atoms with Crippen molar-refractivity contribution in [3.63, 3.8) is 0 Å². The molecule has 14 heavy (non-hydrogen) atoms. The third kappa shape index (κ3) is 2.65. The molecule has 3 nitrogen and oxygen atoms in total. The number of carbonyl (C=O) groups is 1. The number of aliphatic carboxylic acids is 1. The maximum Gasteiger partial charge on any atom is 0.325 e. The van der Waals surface area contributed by atoms with E-state index in [0.29, 0.717) is 0 Å². The predicted octanol–water partition coefficient (Wildman–Crippen LogP) is 1.47. The third-order valence-electron chi connectivity index (χ3n) is 1.57. The van der Waals surface area contributed by atoms with Crippen molar-refractivity contribution in [1.29, 1.82) is 0 Å². The van der Waals surface area contributed by atoms with Crippen LogP contribution < -0.4 is 5.73 Å². The highest BCUT2D eigenvalue weighted by molar-refractivity contribution is 5.85. The first-order chi connectivity index (χ1) is 6.02. The first kappa shape index (κ1) is 12.8. The van der Waals surface area contributed by atoms with Crippen LogP contribution in [0, 0.1) is 11.6 Å². The van der Waals surface area contributed by atoms with Crippen LogP contribution in [0.25, 0.3) is 0 Å². The van der Waals surface area contributed by atoms with E-state index in [4.69, 9.17) is 10.8 Å².